The molecule has 3 heteroatoms. The second kappa shape index (κ2) is 6.74. The van der Waals surface area contributed by atoms with Crippen LogP contribution in [0.2, 0.25) is 0 Å². The van der Waals surface area contributed by atoms with Gasteiger partial charge in [-0.2, -0.15) is 0 Å². The molecule has 0 bridgehead atoms. The zero-order valence-electron chi connectivity index (χ0n) is 10.5. The number of hydrogen-bond acceptors (Lipinski definition) is 2. The maximum Gasteiger partial charge on any atom is 0.307 e. The summed E-state index contributed by atoms with van der Waals surface area (Å²) in [5.41, 5.74) is 0.891. The van der Waals surface area contributed by atoms with E-state index in [0.29, 0.717) is 6.42 Å². The summed E-state index contributed by atoms with van der Waals surface area (Å²) >= 11 is 0. The molecule has 0 amide bonds. The molecule has 96 valence electrons. The molecule has 2 atom stereocenters. The second-order valence-electron chi connectivity index (χ2n) is 4.39. The largest absolute Gasteiger partial charge is 0.481 e. The number of Topliss-reactive ketones (excluding diaryl/α,β-unsaturated/α-hetero) is 1. The van der Waals surface area contributed by atoms with Crippen molar-refractivity contribution in [2.45, 2.75) is 25.7 Å². The van der Waals surface area contributed by atoms with E-state index in [0.717, 1.165) is 5.56 Å². The van der Waals surface area contributed by atoms with Crippen molar-refractivity contribution < 1.29 is 14.7 Å². The highest BCUT2D eigenvalue weighted by Crippen LogP contribution is 2.31. The maximum absolute atomic E-state index is 11.3. The number of carboxylic acid groups (broad SMARTS) is 1. The lowest BCUT2D eigenvalue weighted by molar-refractivity contribution is -0.142. The molecule has 0 spiro atoms. The Balaban J connectivity index is 3.06. The number of benzene rings is 1. The molecule has 0 heterocycles. The number of ketones is 1. The van der Waals surface area contributed by atoms with Crippen LogP contribution in [0.5, 0.6) is 0 Å². The van der Waals surface area contributed by atoms with Gasteiger partial charge in [-0.25, -0.2) is 0 Å². The van der Waals surface area contributed by atoms with E-state index in [4.69, 9.17) is 0 Å². The van der Waals surface area contributed by atoms with Crippen molar-refractivity contribution in [1.29, 1.82) is 0 Å². The minimum Gasteiger partial charge on any atom is -0.481 e. The molecule has 1 N–H and O–H groups in total. The molecule has 0 aromatic heterocycles. The Labute approximate surface area is 107 Å². The minimum absolute atomic E-state index is 0.000773. The summed E-state index contributed by atoms with van der Waals surface area (Å²) in [5, 5.41) is 9.29. The van der Waals surface area contributed by atoms with Crippen molar-refractivity contribution in [3.63, 3.8) is 0 Å². The second-order valence-corrected chi connectivity index (χ2v) is 4.39. The third-order valence-corrected chi connectivity index (χ3v) is 2.96. The first-order chi connectivity index (χ1) is 8.56. The first-order valence-corrected chi connectivity index (χ1v) is 5.94. The van der Waals surface area contributed by atoms with Gasteiger partial charge in [0.15, 0.2) is 0 Å². The Hall–Kier alpha value is -1.90. The Morgan fingerprint density at radius 3 is 2.39 bits per heavy atom. The van der Waals surface area contributed by atoms with E-state index in [1.54, 1.807) is 6.08 Å². The predicted octanol–water partition coefficient (Wildman–Crippen LogP) is 3.03. The maximum atomic E-state index is 11.3. The first kappa shape index (κ1) is 14.2. The van der Waals surface area contributed by atoms with E-state index >= 15 is 0 Å². The van der Waals surface area contributed by atoms with E-state index in [1.807, 2.05) is 30.3 Å². The van der Waals surface area contributed by atoms with Crippen molar-refractivity contribution in [3.05, 3.63) is 48.6 Å². The summed E-state index contributed by atoms with van der Waals surface area (Å²) in [6, 6.07) is 9.32. The average Bonchev–Trinajstić information content (AvgIpc) is 2.34. The minimum atomic E-state index is -0.884. The van der Waals surface area contributed by atoms with Gasteiger partial charge in [0.25, 0.3) is 0 Å². The molecule has 1 aromatic carbocycles. The highest BCUT2D eigenvalue weighted by Gasteiger charge is 2.29. The van der Waals surface area contributed by atoms with E-state index < -0.39 is 11.9 Å². The van der Waals surface area contributed by atoms with Gasteiger partial charge in [-0.1, -0.05) is 36.4 Å². The number of rotatable bonds is 7. The Kier molecular flexibility index (Phi) is 5.31. The lowest BCUT2D eigenvalue weighted by Crippen LogP contribution is -2.23. The fraction of sp³-hybridized carbons (Fsp3) is 0.333. The summed E-state index contributed by atoms with van der Waals surface area (Å²) < 4.78 is 0. The molecule has 0 aliphatic carbocycles. The van der Waals surface area contributed by atoms with Gasteiger partial charge in [-0.05, 0) is 18.9 Å². The monoisotopic (exact) mass is 246 g/mol. The van der Waals surface area contributed by atoms with Gasteiger partial charge in [0.2, 0.25) is 0 Å². The van der Waals surface area contributed by atoms with Crippen LogP contribution in [0.4, 0.5) is 0 Å². The quantitative estimate of drug-likeness (QED) is 0.752. The van der Waals surface area contributed by atoms with Gasteiger partial charge in [0, 0.05) is 12.3 Å². The first-order valence-electron chi connectivity index (χ1n) is 5.94. The normalized spacial score (nSPS) is 13.6. The standard InChI is InChI=1S/C15H18O3/c1-3-7-13(15(17)18)14(10-11(2)16)12-8-5-4-6-9-12/h3-6,8-9,13-14H,1,7,10H2,2H3,(H,17,18). The molecule has 0 saturated carbocycles. The van der Waals surface area contributed by atoms with Crippen LogP contribution in [0, 0.1) is 5.92 Å². The van der Waals surface area contributed by atoms with Crippen molar-refractivity contribution in [1.82, 2.24) is 0 Å². The number of carbonyl (C=O) groups excluding carboxylic acids is 1. The van der Waals surface area contributed by atoms with Gasteiger partial charge in [0.1, 0.15) is 5.78 Å². The van der Waals surface area contributed by atoms with Crippen LogP contribution >= 0.6 is 0 Å². The number of carboxylic acids is 1. The zero-order chi connectivity index (χ0) is 13.5. The summed E-state index contributed by atoms with van der Waals surface area (Å²) in [6.45, 7) is 5.08. The van der Waals surface area contributed by atoms with E-state index in [1.165, 1.54) is 6.92 Å². The Morgan fingerprint density at radius 2 is 1.94 bits per heavy atom. The molecule has 3 nitrogen and oxygen atoms in total. The van der Waals surface area contributed by atoms with E-state index in [2.05, 4.69) is 6.58 Å². The number of aliphatic carboxylic acids is 1. The fourth-order valence-electron chi connectivity index (χ4n) is 2.12. The third kappa shape index (κ3) is 3.84. The molecular weight excluding hydrogens is 228 g/mol. The summed E-state index contributed by atoms with van der Waals surface area (Å²) in [7, 11) is 0. The fourth-order valence-corrected chi connectivity index (χ4v) is 2.12. The summed E-state index contributed by atoms with van der Waals surface area (Å²) in [5.74, 6) is -1.78. The SMILES string of the molecule is C=CCC(C(=O)O)C(CC(C)=O)c1ccccc1. The topological polar surface area (TPSA) is 54.4 Å². The molecule has 18 heavy (non-hydrogen) atoms. The molecular formula is C15H18O3. The van der Waals surface area contributed by atoms with Crippen molar-refractivity contribution in [2.75, 3.05) is 0 Å². The molecule has 1 aromatic rings. The molecule has 0 fully saturated rings. The predicted molar refractivity (Wildman–Crippen MR) is 70.4 cm³/mol. The smallest absolute Gasteiger partial charge is 0.307 e. The van der Waals surface area contributed by atoms with Gasteiger partial charge in [0.05, 0.1) is 5.92 Å². The molecule has 0 aliphatic heterocycles. The van der Waals surface area contributed by atoms with Gasteiger partial charge < -0.3 is 9.90 Å². The van der Waals surface area contributed by atoms with Crippen molar-refractivity contribution in [3.8, 4) is 0 Å². The lowest BCUT2D eigenvalue weighted by atomic mass is 9.81. The Morgan fingerprint density at radius 1 is 1.33 bits per heavy atom. The highest BCUT2D eigenvalue weighted by molar-refractivity contribution is 5.79. The molecule has 1 rings (SSSR count). The average molecular weight is 246 g/mol. The van der Waals surface area contributed by atoms with E-state index in [9.17, 15) is 14.7 Å². The van der Waals surface area contributed by atoms with Crippen LogP contribution < -0.4 is 0 Å². The van der Waals surface area contributed by atoms with Gasteiger partial charge in [-0.3, -0.25) is 4.79 Å². The van der Waals surface area contributed by atoms with Crippen LogP contribution in [0.25, 0.3) is 0 Å². The van der Waals surface area contributed by atoms with Crippen LogP contribution in [0.3, 0.4) is 0 Å². The van der Waals surface area contributed by atoms with Crippen molar-refractivity contribution >= 4 is 11.8 Å². The molecule has 2 unspecified atom stereocenters. The highest BCUT2D eigenvalue weighted by atomic mass is 16.4. The lowest BCUT2D eigenvalue weighted by Gasteiger charge is -2.22. The van der Waals surface area contributed by atoms with Crippen molar-refractivity contribution in [2.24, 2.45) is 5.92 Å². The molecule has 0 saturated heterocycles. The number of carbonyl (C=O) groups is 2. The Bertz CT molecular complexity index is 423. The molecule has 0 aliphatic rings. The third-order valence-electron chi connectivity index (χ3n) is 2.96. The zero-order valence-corrected chi connectivity index (χ0v) is 10.5. The van der Waals surface area contributed by atoms with Crippen LogP contribution in [0.15, 0.2) is 43.0 Å². The van der Waals surface area contributed by atoms with Crippen LogP contribution in [0.1, 0.15) is 31.2 Å². The van der Waals surface area contributed by atoms with Crippen LogP contribution in [-0.2, 0) is 9.59 Å². The van der Waals surface area contributed by atoms with E-state index in [-0.39, 0.29) is 18.1 Å². The number of allylic oxidation sites excluding steroid dienone is 1. The van der Waals surface area contributed by atoms with Gasteiger partial charge in [-0.15, -0.1) is 6.58 Å². The number of hydrogen-bond donors (Lipinski definition) is 1. The summed E-state index contributed by atoms with van der Waals surface area (Å²) in [6.07, 6.45) is 2.20. The van der Waals surface area contributed by atoms with Gasteiger partial charge >= 0.3 is 5.97 Å². The molecule has 0 radical (unpaired) electrons. The summed E-state index contributed by atoms with van der Waals surface area (Å²) in [4.78, 5) is 22.7. The van der Waals surface area contributed by atoms with Crippen LogP contribution in [-0.4, -0.2) is 16.9 Å².